The van der Waals surface area contributed by atoms with E-state index in [2.05, 4.69) is 20.4 Å². The highest BCUT2D eigenvalue weighted by molar-refractivity contribution is 5.44. The molecular formula is C14H16FN5. The molecule has 0 N–H and O–H groups in total. The number of hydrogen-bond acceptors (Lipinski definition) is 4. The first-order valence-electron chi connectivity index (χ1n) is 6.79. The molecule has 0 saturated carbocycles. The van der Waals surface area contributed by atoms with Crippen molar-refractivity contribution in [1.29, 1.82) is 0 Å². The molecule has 0 amide bonds. The Morgan fingerprint density at radius 2 is 1.80 bits per heavy atom. The Balaban J connectivity index is 1.79. The quantitative estimate of drug-likeness (QED) is 0.860. The Morgan fingerprint density at radius 1 is 1.05 bits per heavy atom. The van der Waals surface area contributed by atoms with E-state index in [1.165, 1.54) is 31.4 Å². The molecule has 1 aromatic heterocycles. The maximum absolute atomic E-state index is 12.9. The summed E-state index contributed by atoms with van der Waals surface area (Å²) < 4.78 is 14.5. The van der Waals surface area contributed by atoms with Crippen LogP contribution in [0.5, 0.6) is 0 Å². The minimum Gasteiger partial charge on any atom is -0.377 e. The van der Waals surface area contributed by atoms with Crippen LogP contribution in [0.2, 0.25) is 0 Å². The van der Waals surface area contributed by atoms with E-state index < -0.39 is 0 Å². The number of hydrogen-bond donors (Lipinski definition) is 0. The van der Waals surface area contributed by atoms with Gasteiger partial charge in [0.1, 0.15) is 5.82 Å². The number of rotatable bonds is 3. The molecule has 0 atom stereocenters. The van der Waals surface area contributed by atoms with Gasteiger partial charge in [0.2, 0.25) is 0 Å². The molecule has 2 heterocycles. The molecule has 1 fully saturated rings. The Bertz CT molecular complexity index is 584. The summed E-state index contributed by atoms with van der Waals surface area (Å²) in [5.41, 5.74) is 0.745. The number of likely N-dealkylation sites (tertiary alicyclic amines) is 1. The van der Waals surface area contributed by atoms with Gasteiger partial charge >= 0.3 is 0 Å². The van der Waals surface area contributed by atoms with Gasteiger partial charge in [0.25, 0.3) is 0 Å². The van der Waals surface area contributed by atoms with Gasteiger partial charge in [0.15, 0.2) is 5.82 Å². The second kappa shape index (κ2) is 5.81. The molecule has 20 heavy (non-hydrogen) atoms. The van der Waals surface area contributed by atoms with Crippen molar-refractivity contribution in [1.82, 2.24) is 25.1 Å². The molecule has 1 saturated heterocycles. The minimum absolute atomic E-state index is 0.271. The van der Waals surface area contributed by atoms with Crippen LogP contribution in [0.15, 0.2) is 30.5 Å². The lowest BCUT2D eigenvalue weighted by Gasteiger charge is -2.24. The van der Waals surface area contributed by atoms with Gasteiger partial charge in [-0.3, -0.25) is 0 Å². The van der Waals surface area contributed by atoms with Gasteiger partial charge in [-0.1, -0.05) is 0 Å². The second-order valence-electron chi connectivity index (χ2n) is 4.84. The normalized spacial score (nSPS) is 15.9. The van der Waals surface area contributed by atoms with Crippen LogP contribution in [-0.2, 0) is 0 Å². The summed E-state index contributed by atoms with van der Waals surface area (Å²) in [6, 6.07) is 6.11. The fourth-order valence-electron chi connectivity index (χ4n) is 2.30. The lowest BCUT2D eigenvalue weighted by Crippen LogP contribution is -2.24. The summed E-state index contributed by atoms with van der Waals surface area (Å²) in [5.74, 6) is 0.370. The Kier molecular flexibility index (Phi) is 3.71. The monoisotopic (exact) mass is 273 g/mol. The standard InChI is InChI=1S/C14H16FN5/c15-12-4-6-13(7-5-12)20-14(16-17-18-20)8-11-19-9-2-1-3-10-19/h4-8,11H,1-3,9-10H2/b11-8+. The molecule has 0 bridgehead atoms. The lowest BCUT2D eigenvalue weighted by molar-refractivity contribution is 0.311. The summed E-state index contributed by atoms with van der Waals surface area (Å²) in [6.07, 6.45) is 7.69. The van der Waals surface area contributed by atoms with Gasteiger partial charge in [-0.25, -0.2) is 4.39 Å². The van der Waals surface area contributed by atoms with Gasteiger partial charge in [-0.2, -0.15) is 4.68 Å². The summed E-state index contributed by atoms with van der Waals surface area (Å²) in [6.45, 7) is 2.16. The van der Waals surface area contributed by atoms with Crippen LogP contribution in [0.25, 0.3) is 11.8 Å². The zero-order valence-corrected chi connectivity index (χ0v) is 11.1. The summed E-state index contributed by atoms with van der Waals surface area (Å²) >= 11 is 0. The number of halogens is 1. The SMILES string of the molecule is Fc1ccc(-n2nnnc2/C=C/N2CCCCC2)cc1. The Hall–Kier alpha value is -2.24. The maximum Gasteiger partial charge on any atom is 0.181 e. The van der Waals surface area contributed by atoms with E-state index in [1.54, 1.807) is 16.8 Å². The Labute approximate surface area is 116 Å². The molecule has 0 radical (unpaired) electrons. The van der Waals surface area contributed by atoms with Gasteiger partial charge in [-0.15, -0.1) is 5.10 Å². The fraction of sp³-hybridized carbons (Fsp3) is 0.357. The van der Waals surface area contributed by atoms with Gasteiger partial charge in [0, 0.05) is 25.4 Å². The van der Waals surface area contributed by atoms with Crippen LogP contribution in [-0.4, -0.2) is 38.2 Å². The topological polar surface area (TPSA) is 46.8 Å². The third kappa shape index (κ3) is 2.84. The van der Waals surface area contributed by atoms with Gasteiger partial charge in [-0.05, 0) is 54.0 Å². The van der Waals surface area contributed by atoms with E-state index in [-0.39, 0.29) is 5.82 Å². The van der Waals surface area contributed by atoms with Crippen molar-refractivity contribution in [2.24, 2.45) is 0 Å². The van der Waals surface area contributed by atoms with E-state index in [1.807, 2.05) is 12.3 Å². The van der Waals surface area contributed by atoms with Crippen molar-refractivity contribution >= 4 is 6.08 Å². The van der Waals surface area contributed by atoms with Crippen molar-refractivity contribution < 1.29 is 4.39 Å². The molecule has 6 heteroatoms. The molecule has 1 aliphatic rings. The first kappa shape index (κ1) is 12.8. The third-order valence-electron chi connectivity index (χ3n) is 3.39. The predicted molar refractivity (Wildman–Crippen MR) is 73.6 cm³/mol. The maximum atomic E-state index is 12.9. The number of tetrazole rings is 1. The van der Waals surface area contributed by atoms with E-state index in [4.69, 9.17) is 0 Å². The Morgan fingerprint density at radius 3 is 2.55 bits per heavy atom. The third-order valence-corrected chi connectivity index (χ3v) is 3.39. The molecule has 0 spiro atoms. The molecule has 2 aromatic rings. The molecule has 1 aliphatic heterocycles. The molecule has 104 valence electrons. The molecule has 0 unspecified atom stereocenters. The second-order valence-corrected chi connectivity index (χ2v) is 4.84. The highest BCUT2D eigenvalue weighted by Crippen LogP contribution is 2.12. The molecule has 0 aliphatic carbocycles. The van der Waals surface area contributed by atoms with Gasteiger partial charge in [0.05, 0.1) is 5.69 Å². The minimum atomic E-state index is -0.271. The molecule has 3 rings (SSSR count). The van der Waals surface area contributed by atoms with Gasteiger partial charge < -0.3 is 4.90 Å². The van der Waals surface area contributed by atoms with E-state index in [0.29, 0.717) is 5.82 Å². The van der Waals surface area contributed by atoms with Crippen LogP contribution >= 0.6 is 0 Å². The van der Waals surface area contributed by atoms with E-state index in [9.17, 15) is 4.39 Å². The van der Waals surface area contributed by atoms with E-state index >= 15 is 0 Å². The number of piperidine rings is 1. The van der Waals surface area contributed by atoms with Crippen LogP contribution in [0, 0.1) is 5.82 Å². The molecule has 5 nitrogen and oxygen atoms in total. The van der Waals surface area contributed by atoms with Crippen LogP contribution < -0.4 is 0 Å². The summed E-state index contributed by atoms with van der Waals surface area (Å²) in [5, 5.41) is 11.6. The highest BCUT2D eigenvalue weighted by atomic mass is 19.1. The summed E-state index contributed by atoms with van der Waals surface area (Å²) in [7, 11) is 0. The van der Waals surface area contributed by atoms with Crippen LogP contribution in [0.1, 0.15) is 25.1 Å². The number of benzene rings is 1. The molecule has 1 aromatic carbocycles. The average Bonchev–Trinajstić information content (AvgIpc) is 2.95. The van der Waals surface area contributed by atoms with Crippen molar-refractivity contribution in [3.63, 3.8) is 0 Å². The lowest BCUT2D eigenvalue weighted by atomic mass is 10.1. The zero-order valence-electron chi connectivity index (χ0n) is 11.1. The number of aromatic nitrogens is 4. The van der Waals surface area contributed by atoms with Crippen molar-refractivity contribution in [3.05, 3.63) is 42.1 Å². The summed E-state index contributed by atoms with van der Waals surface area (Å²) in [4.78, 5) is 2.27. The van der Waals surface area contributed by atoms with Crippen molar-refractivity contribution in [3.8, 4) is 5.69 Å². The first-order chi connectivity index (χ1) is 9.83. The van der Waals surface area contributed by atoms with Crippen LogP contribution in [0.3, 0.4) is 0 Å². The van der Waals surface area contributed by atoms with Crippen molar-refractivity contribution in [2.45, 2.75) is 19.3 Å². The molecular weight excluding hydrogens is 257 g/mol. The highest BCUT2D eigenvalue weighted by Gasteiger charge is 2.08. The fourth-order valence-corrected chi connectivity index (χ4v) is 2.30. The van der Waals surface area contributed by atoms with Crippen molar-refractivity contribution in [2.75, 3.05) is 13.1 Å². The smallest absolute Gasteiger partial charge is 0.181 e. The average molecular weight is 273 g/mol. The van der Waals surface area contributed by atoms with E-state index in [0.717, 1.165) is 18.8 Å². The largest absolute Gasteiger partial charge is 0.377 e. The zero-order chi connectivity index (χ0) is 13.8. The predicted octanol–water partition coefficient (Wildman–Crippen LogP) is 2.26. The number of nitrogens with zero attached hydrogens (tertiary/aromatic N) is 5. The first-order valence-corrected chi connectivity index (χ1v) is 6.79. The van der Waals surface area contributed by atoms with Crippen LogP contribution in [0.4, 0.5) is 4.39 Å².